The number of benzene rings is 1. The molecule has 1 heterocycles. The molecular weight excluding hydrogens is 322 g/mol. The van der Waals surface area contributed by atoms with Crippen molar-refractivity contribution < 1.29 is 13.5 Å². The van der Waals surface area contributed by atoms with Crippen LogP contribution >= 0.6 is 11.6 Å². The maximum atomic E-state index is 12.4. The summed E-state index contributed by atoms with van der Waals surface area (Å²) in [6, 6.07) is 7.63. The van der Waals surface area contributed by atoms with E-state index in [1.165, 1.54) is 12.1 Å². The number of rotatable bonds is 4. The molecule has 0 unspecified atom stereocenters. The summed E-state index contributed by atoms with van der Waals surface area (Å²) in [5, 5.41) is 9.98. The molecule has 116 valence electrons. The lowest BCUT2D eigenvalue weighted by molar-refractivity contribution is 0.0785. The largest absolute Gasteiger partial charge is 0.386 e. The van der Waals surface area contributed by atoms with Gasteiger partial charge in [-0.15, -0.1) is 0 Å². The predicted octanol–water partition coefficient (Wildman–Crippen LogP) is 1.02. The molecular formula is C14H16BClN2O3S. The molecule has 0 amide bonds. The summed E-state index contributed by atoms with van der Waals surface area (Å²) in [4.78, 5) is 3.99. The summed E-state index contributed by atoms with van der Waals surface area (Å²) in [6.45, 7) is 3.26. The van der Waals surface area contributed by atoms with Crippen molar-refractivity contribution in [2.45, 2.75) is 24.3 Å². The van der Waals surface area contributed by atoms with E-state index in [4.69, 9.17) is 11.6 Å². The minimum atomic E-state index is -3.77. The van der Waals surface area contributed by atoms with Crippen LogP contribution in [0.2, 0.25) is 5.15 Å². The number of hydrogen-bond acceptors (Lipinski definition) is 4. The summed E-state index contributed by atoms with van der Waals surface area (Å²) >= 11 is 5.90. The van der Waals surface area contributed by atoms with Gasteiger partial charge in [0.2, 0.25) is 0 Å². The molecule has 0 aliphatic carbocycles. The second kappa shape index (κ2) is 5.91. The van der Waals surface area contributed by atoms with Crippen LogP contribution in [0.5, 0.6) is 0 Å². The highest BCUT2D eigenvalue weighted by Gasteiger charge is 2.19. The number of anilines is 1. The number of sulfonamides is 1. The van der Waals surface area contributed by atoms with Gasteiger partial charge in [-0.1, -0.05) is 29.2 Å². The van der Waals surface area contributed by atoms with Gasteiger partial charge in [0, 0.05) is 6.20 Å². The Morgan fingerprint density at radius 1 is 1.27 bits per heavy atom. The summed E-state index contributed by atoms with van der Waals surface area (Å²) in [5.41, 5.74) is 0.619. The minimum Gasteiger partial charge on any atom is -0.386 e. The van der Waals surface area contributed by atoms with E-state index in [-0.39, 0.29) is 15.7 Å². The van der Waals surface area contributed by atoms with Crippen LogP contribution in [-0.2, 0) is 15.6 Å². The Hall–Kier alpha value is -1.57. The molecule has 2 aromatic rings. The van der Waals surface area contributed by atoms with E-state index >= 15 is 0 Å². The van der Waals surface area contributed by atoms with Crippen LogP contribution < -0.4 is 10.2 Å². The van der Waals surface area contributed by atoms with Crippen LogP contribution in [0.4, 0.5) is 5.69 Å². The van der Waals surface area contributed by atoms with Gasteiger partial charge in [0.05, 0.1) is 16.2 Å². The van der Waals surface area contributed by atoms with Gasteiger partial charge in [0.25, 0.3) is 10.0 Å². The third-order valence-electron chi connectivity index (χ3n) is 3.09. The van der Waals surface area contributed by atoms with Crippen molar-refractivity contribution in [3.63, 3.8) is 0 Å². The number of aromatic nitrogens is 1. The second-order valence-corrected chi connectivity index (χ2v) is 7.58. The number of nitrogens with zero attached hydrogens (tertiary/aromatic N) is 1. The first-order chi connectivity index (χ1) is 10.1. The van der Waals surface area contributed by atoms with Crippen LogP contribution in [0.1, 0.15) is 19.4 Å². The van der Waals surface area contributed by atoms with Crippen molar-refractivity contribution >= 4 is 40.6 Å². The molecule has 1 aromatic carbocycles. The lowest BCUT2D eigenvalue weighted by atomic mass is 9.99. The molecule has 22 heavy (non-hydrogen) atoms. The zero-order valence-electron chi connectivity index (χ0n) is 12.5. The van der Waals surface area contributed by atoms with E-state index in [1.807, 2.05) is 0 Å². The maximum Gasteiger partial charge on any atom is 0.261 e. The van der Waals surface area contributed by atoms with Crippen molar-refractivity contribution in [2.24, 2.45) is 0 Å². The van der Waals surface area contributed by atoms with Gasteiger partial charge in [-0.05, 0) is 37.6 Å². The molecule has 0 aliphatic rings. The van der Waals surface area contributed by atoms with E-state index in [0.717, 1.165) is 5.46 Å². The van der Waals surface area contributed by atoms with Gasteiger partial charge >= 0.3 is 0 Å². The lowest BCUT2D eigenvalue weighted by Crippen LogP contribution is -2.18. The first kappa shape index (κ1) is 16.8. The summed E-state index contributed by atoms with van der Waals surface area (Å²) in [6.07, 6.45) is 1.55. The van der Waals surface area contributed by atoms with E-state index < -0.39 is 15.6 Å². The van der Waals surface area contributed by atoms with Gasteiger partial charge in [-0.2, -0.15) is 0 Å². The molecule has 8 heteroatoms. The Balaban J connectivity index is 2.33. The van der Waals surface area contributed by atoms with Crippen LogP contribution in [-0.4, -0.2) is 26.4 Å². The normalized spacial score (nSPS) is 12.2. The number of aliphatic hydroxyl groups is 1. The minimum absolute atomic E-state index is 0.0815. The molecule has 0 saturated carbocycles. The fourth-order valence-electron chi connectivity index (χ4n) is 1.87. The molecule has 0 atom stereocenters. The van der Waals surface area contributed by atoms with Gasteiger partial charge < -0.3 is 5.11 Å². The zero-order valence-corrected chi connectivity index (χ0v) is 14.0. The molecule has 2 rings (SSSR count). The number of nitrogens with one attached hydrogen (secondary N) is 1. The fraction of sp³-hybridized carbons (Fsp3) is 0.214. The third-order valence-corrected chi connectivity index (χ3v) is 4.77. The number of pyridine rings is 1. The van der Waals surface area contributed by atoms with Crippen molar-refractivity contribution in [3.05, 3.63) is 47.2 Å². The van der Waals surface area contributed by atoms with Crippen LogP contribution in [0.15, 0.2) is 41.4 Å². The maximum absolute atomic E-state index is 12.4. The van der Waals surface area contributed by atoms with Crippen LogP contribution in [0.25, 0.3) is 0 Å². The monoisotopic (exact) mass is 338 g/mol. The smallest absolute Gasteiger partial charge is 0.261 e. The van der Waals surface area contributed by atoms with Gasteiger partial charge in [-0.25, -0.2) is 13.4 Å². The highest BCUT2D eigenvalue weighted by molar-refractivity contribution is 7.92. The van der Waals surface area contributed by atoms with Crippen LogP contribution in [0.3, 0.4) is 0 Å². The molecule has 0 radical (unpaired) electrons. The number of halogens is 1. The van der Waals surface area contributed by atoms with Gasteiger partial charge in [-0.3, -0.25) is 4.72 Å². The van der Waals surface area contributed by atoms with Crippen LogP contribution in [0, 0.1) is 0 Å². The van der Waals surface area contributed by atoms with E-state index in [0.29, 0.717) is 5.56 Å². The lowest BCUT2D eigenvalue weighted by Gasteiger charge is -2.18. The Bertz CT molecular complexity index is 787. The quantitative estimate of drug-likeness (QED) is 0.644. The molecule has 0 spiro atoms. The topological polar surface area (TPSA) is 79.3 Å². The Morgan fingerprint density at radius 2 is 1.86 bits per heavy atom. The summed E-state index contributed by atoms with van der Waals surface area (Å²) < 4.78 is 27.1. The molecule has 0 bridgehead atoms. The van der Waals surface area contributed by atoms with Crippen molar-refractivity contribution in [1.82, 2.24) is 4.98 Å². The average Bonchev–Trinajstić information content (AvgIpc) is 2.42. The molecule has 0 saturated heterocycles. The van der Waals surface area contributed by atoms with E-state index in [1.54, 1.807) is 46.1 Å². The molecule has 0 fully saturated rings. The van der Waals surface area contributed by atoms with Crippen molar-refractivity contribution in [2.75, 3.05) is 4.72 Å². The highest BCUT2D eigenvalue weighted by Crippen LogP contribution is 2.24. The van der Waals surface area contributed by atoms with Gasteiger partial charge in [0.15, 0.2) is 5.15 Å². The highest BCUT2D eigenvalue weighted by atomic mass is 35.5. The first-order valence-corrected chi connectivity index (χ1v) is 8.43. The standard InChI is InChI=1S/C14H16BClN2O3S/c1-14(2,19)9-3-5-11(6-4-9)22(20,21)18-12-7-10(15)8-17-13(12)16/h3-8,18-19H,15H2,1-2H3. The van der Waals surface area contributed by atoms with Crippen molar-refractivity contribution in [1.29, 1.82) is 0 Å². The Morgan fingerprint density at radius 3 is 2.41 bits per heavy atom. The number of hydrogen-bond donors (Lipinski definition) is 2. The predicted molar refractivity (Wildman–Crippen MR) is 89.9 cm³/mol. The summed E-state index contributed by atoms with van der Waals surface area (Å²) in [5.74, 6) is 0. The second-order valence-electron chi connectivity index (χ2n) is 5.54. The summed E-state index contributed by atoms with van der Waals surface area (Å²) in [7, 11) is -1.98. The van der Waals surface area contributed by atoms with E-state index in [9.17, 15) is 13.5 Å². The Labute approximate surface area is 135 Å². The first-order valence-electron chi connectivity index (χ1n) is 6.57. The average molecular weight is 339 g/mol. The van der Waals surface area contributed by atoms with E-state index in [2.05, 4.69) is 9.71 Å². The van der Waals surface area contributed by atoms with Crippen molar-refractivity contribution in [3.8, 4) is 0 Å². The Kier molecular flexibility index (Phi) is 4.51. The molecule has 5 nitrogen and oxygen atoms in total. The zero-order chi connectivity index (χ0) is 16.5. The van der Waals surface area contributed by atoms with Gasteiger partial charge in [0.1, 0.15) is 7.85 Å². The fourth-order valence-corrected chi connectivity index (χ4v) is 3.13. The molecule has 0 aliphatic heterocycles. The molecule has 1 aromatic heterocycles. The third kappa shape index (κ3) is 3.79. The molecule has 2 N–H and O–H groups in total. The SMILES string of the molecule is Bc1cnc(Cl)c(NS(=O)(=O)c2ccc(C(C)(C)O)cc2)c1.